The van der Waals surface area contributed by atoms with Crippen molar-refractivity contribution in [3.63, 3.8) is 0 Å². The fourth-order valence-electron chi connectivity index (χ4n) is 2.42. The standard InChI is InChI=1S/C17H31N3S/c1-7-14-15(10-18-17(4,5)6)21-16(19-14)20(11-12(2)3)13-8-9-13/h12-13,18H,7-11H2,1-6H3. The van der Waals surface area contributed by atoms with Crippen LogP contribution in [0.15, 0.2) is 0 Å². The summed E-state index contributed by atoms with van der Waals surface area (Å²) in [5.74, 6) is 0.690. The van der Waals surface area contributed by atoms with Crippen molar-refractivity contribution in [1.29, 1.82) is 0 Å². The van der Waals surface area contributed by atoms with Gasteiger partial charge in [-0.05, 0) is 46.0 Å². The molecule has 0 unspecified atom stereocenters. The molecular weight excluding hydrogens is 278 g/mol. The first-order valence-electron chi connectivity index (χ1n) is 8.30. The van der Waals surface area contributed by atoms with Crippen molar-refractivity contribution < 1.29 is 0 Å². The lowest BCUT2D eigenvalue weighted by molar-refractivity contribution is 0.425. The Hall–Kier alpha value is -0.610. The van der Waals surface area contributed by atoms with E-state index in [1.807, 2.05) is 11.3 Å². The number of nitrogens with one attached hydrogen (secondary N) is 1. The maximum Gasteiger partial charge on any atom is 0.186 e. The molecule has 0 bridgehead atoms. The smallest absolute Gasteiger partial charge is 0.186 e. The van der Waals surface area contributed by atoms with Gasteiger partial charge in [-0.2, -0.15) is 0 Å². The highest BCUT2D eigenvalue weighted by Gasteiger charge is 2.31. The van der Waals surface area contributed by atoms with Crippen LogP contribution in [0.4, 0.5) is 5.13 Å². The molecule has 0 spiro atoms. The molecule has 1 saturated carbocycles. The van der Waals surface area contributed by atoms with Crippen molar-refractivity contribution in [3.05, 3.63) is 10.6 Å². The predicted octanol–water partition coefficient (Wildman–Crippen LogP) is 4.22. The van der Waals surface area contributed by atoms with Crippen LogP contribution >= 0.6 is 11.3 Å². The van der Waals surface area contributed by atoms with Crippen molar-refractivity contribution in [1.82, 2.24) is 10.3 Å². The molecule has 0 aromatic carbocycles. The summed E-state index contributed by atoms with van der Waals surface area (Å²) in [6, 6.07) is 0.742. The SMILES string of the molecule is CCc1nc(N(CC(C)C)C2CC2)sc1CNC(C)(C)C. The Morgan fingerprint density at radius 2 is 2.00 bits per heavy atom. The first-order chi connectivity index (χ1) is 9.80. The second kappa shape index (κ2) is 6.66. The van der Waals surface area contributed by atoms with E-state index in [2.05, 4.69) is 51.8 Å². The summed E-state index contributed by atoms with van der Waals surface area (Å²) in [6.07, 6.45) is 3.70. The first kappa shape index (κ1) is 16.8. The van der Waals surface area contributed by atoms with E-state index in [4.69, 9.17) is 4.98 Å². The molecule has 0 radical (unpaired) electrons. The second-order valence-electron chi connectivity index (χ2n) is 7.60. The Morgan fingerprint density at radius 1 is 1.33 bits per heavy atom. The van der Waals surface area contributed by atoms with Gasteiger partial charge in [0, 0.05) is 29.5 Å². The fraction of sp³-hybridized carbons (Fsp3) is 0.824. The zero-order chi connectivity index (χ0) is 15.6. The highest BCUT2D eigenvalue weighted by Crippen LogP contribution is 2.36. The van der Waals surface area contributed by atoms with Gasteiger partial charge in [0.1, 0.15) is 0 Å². The number of nitrogens with zero attached hydrogens (tertiary/aromatic N) is 2. The minimum absolute atomic E-state index is 0.156. The Kier molecular flexibility index (Phi) is 5.31. The van der Waals surface area contributed by atoms with Crippen molar-refractivity contribution >= 4 is 16.5 Å². The summed E-state index contributed by atoms with van der Waals surface area (Å²) in [6.45, 7) is 15.5. The van der Waals surface area contributed by atoms with E-state index in [0.29, 0.717) is 5.92 Å². The van der Waals surface area contributed by atoms with Crippen molar-refractivity contribution in [2.45, 2.75) is 78.9 Å². The zero-order valence-corrected chi connectivity index (χ0v) is 15.3. The molecule has 1 aliphatic carbocycles. The lowest BCUT2D eigenvalue weighted by Crippen LogP contribution is -2.35. The topological polar surface area (TPSA) is 28.2 Å². The molecule has 0 aliphatic heterocycles. The molecule has 1 aromatic rings. The zero-order valence-electron chi connectivity index (χ0n) is 14.5. The summed E-state index contributed by atoms with van der Waals surface area (Å²) in [4.78, 5) is 8.91. The molecule has 1 fully saturated rings. The van der Waals surface area contributed by atoms with Crippen LogP contribution in [-0.4, -0.2) is 23.1 Å². The van der Waals surface area contributed by atoms with Crippen LogP contribution < -0.4 is 10.2 Å². The maximum absolute atomic E-state index is 4.95. The van der Waals surface area contributed by atoms with Gasteiger partial charge in [-0.25, -0.2) is 4.98 Å². The lowest BCUT2D eigenvalue weighted by atomic mass is 10.1. The number of thiazole rings is 1. The minimum atomic E-state index is 0.156. The fourth-order valence-corrected chi connectivity index (χ4v) is 3.58. The normalized spacial score (nSPS) is 15.8. The second-order valence-corrected chi connectivity index (χ2v) is 8.66. The monoisotopic (exact) mass is 309 g/mol. The van der Waals surface area contributed by atoms with Gasteiger partial charge in [0.25, 0.3) is 0 Å². The van der Waals surface area contributed by atoms with Gasteiger partial charge < -0.3 is 10.2 Å². The predicted molar refractivity (Wildman–Crippen MR) is 93.3 cm³/mol. The molecule has 1 heterocycles. The number of aryl methyl sites for hydroxylation is 1. The average molecular weight is 310 g/mol. The van der Waals surface area contributed by atoms with Crippen molar-refractivity contribution in [2.24, 2.45) is 5.92 Å². The average Bonchev–Trinajstić information content (AvgIpc) is 3.12. The number of hydrogen-bond acceptors (Lipinski definition) is 4. The minimum Gasteiger partial charge on any atom is -0.345 e. The van der Waals surface area contributed by atoms with E-state index in [-0.39, 0.29) is 5.54 Å². The van der Waals surface area contributed by atoms with Gasteiger partial charge in [0.05, 0.1) is 5.69 Å². The van der Waals surface area contributed by atoms with Crippen LogP contribution in [0.5, 0.6) is 0 Å². The number of rotatable bonds is 7. The van der Waals surface area contributed by atoms with E-state index in [9.17, 15) is 0 Å². The van der Waals surface area contributed by atoms with E-state index in [1.165, 1.54) is 28.5 Å². The molecule has 21 heavy (non-hydrogen) atoms. The Labute approximate surface area is 134 Å². The van der Waals surface area contributed by atoms with Gasteiger partial charge in [0.15, 0.2) is 5.13 Å². The van der Waals surface area contributed by atoms with E-state index in [1.54, 1.807) is 0 Å². The molecule has 3 nitrogen and oxygen atoms in total. The van der Waals surface area contributed by atoms with Crippen LogP contribution in [0.3, 0.4) is 0 Å². The summed E-state index contributed by atoms with van der Waals surface area (Å²) in [5, 5.41) is 4.85. The summed E-state index contributed by atoms with van der Waals surface area (Å²) >= 11 is 1.90. The molecule has 4 heteroatoms. The molecule has 0 saturated heterocycles. The highest BCUT2D eigenvalue weighted by atomic mass is 32.1. The third-order valence-electron chi connectivity index (χ3n) is 3.68. The molecule has 1 aliphatic rings. The summed E-state index contributed by atoms with van der Waals surface area (Å²) in [5.41, 5.74) is 1.43. The molecule has 0 amide bonds. The van der Waals surface area contributed by atoms with Crippen LogP contribution in [0, 0.1) is 5.92 Å². The van der Waals surface area contributed by atoms with E-state index < -0.39 is 0 Å². The van der Waals surface area contributed by atoms with Crippen LogP contribution in [-0.2, 0) is 13.0 Å². The van der Waals surface area contributed by atoms with Gasteiger partial charge in [0.2, 0.25) is 0 Å². The lowest BCUT2D eigenvalue weighted by Gasteiger charge is -2.23. The Balaban J connectivity index is 2.14. The highest BCUT2D eigenvalue weighted by molar-refractivity contribution is 7.15. The van der Waals surface area contributed by atoms with Gasteiger partial charge in [-0.3, -0.25) is 0 Å². The first-order valence-corrected chi connectivity index (χ1v) is 9.12. The third-order valence-corrected chi connectivity index (χ3v) is 4.81. The summed E-state index contributed by atoms with van der Waals surface area (Å²) in [7, 11) is 0. The molecule has 120 valence electrons. The van der Waals surface area contributed by atoms with Gasteiger partial charge in [-0.15, -0.1) is 11.3 Å². The van der Waals surface area contributed by atoms with Gasteiger partial charge in [-0.1, -0.05) is 20.8 Å². The van der Waals surface area contributed by atoms with Crippen LogP contribution in [0.1, 0.15) is 65.0 Å². The van der Waals surface area contributed by atoms with Crippen molar-refractivity contribution in [2.75, 3.05) is 11.4 Å². The molecular formula is C17H31N3S. The van der Waals surface area contributed by atoms with Gasteiger partial charge >= 0.3 is 0 Å². The third kappa shape index (κ3) is 4.96. The number of aromatic nitrogens is 1. The van der Waals surface area contributed by atoms with Crippen molar-refractivity contribution in [3.8, 4) is 0 Å². The largest absolute Gasteiger partial charge is 0.345 e. The maximum atomic E-state index is 4.95. The Morgan fingerprint density at radius 3 is 2.48 bits per heavy atom. The molecule has 0 atom stereocenters. The molecule has 1 N–H and O–H groups in total. The Bertz CT molecular complexity index is 455. The van der Waals surface area contributed by atoms with E-state index in [0.717, 1.165) is 25.6 Å². The van der Waals surface area contributed by atoms with E-state index >= 15 is 0 Å². The van der Waals surface area contributed by atoms with Crippen LogP contribution in [0.25, 0.3) is 0 Å². The quantitative estimate of drug-likeness (QED) is 0.817. The van der Waals surface area contributed by atoms with Crippen LogP contribution in [0.2, 0.25) is 0 Å². The molecule has 1 aromatic heterocycles. The number of anilines is 1. The number of hydrogen-bond donors (Lipinski definition) is 1. The summed E-state index contributed by atoms with van der Waals surface area (Å²) < 4.78 is 0. The molecule has 2 rings (SSSR count).